The SMILES string of the molecule is C=CCN1C(=O)C(C)(C)COc2cc(NC(=O)Cc3ccccc3Cl)ccc21. The van der Waals surface area contributed by atoms with Crippen LogP contribution in [0.1, 0.15) is 19.4 Å². The molecule has 0 unspecified atom stereocenters. The molecule has 0 atom stereocenters. The minimum absolute atomic E-state index is 0.0262. The summed E-state index contributed by atoms with van der Waals surface area (Å²) in [6.07, 6.45) is 1.86. The van der Waals surface area contributed by atoms with E-state index in [0.29, 0.717) is 28.7 Å². The number of carbonyl (C=O) groups excluding carboxylic acids is 2. The molecule has 2 aromatic carbocycles. The van der Waals surface area contributed by atoms with Gasteiger partial charge in [-0.2, -0.15) is 0 Å². The molecule has 2 aromatic rings. The highest BCUT2D eigenvalue weighted by Gasteiger charge is 2.37. The molecular formula is C22H23ClN2O3. The number of nitrogens with zero attached hydrogens (tertiary/aromatic N) is 1. The van der Waals surface area contributed by atoms with Crippen LogP contribution in [0.3, 0.4) is 0 Å². The molecule has 1 heterocycles. The van der Waals surface area contributed by atoms with Crippen LogP contribution in [0.15, 0.2) is 55.1 Å². The second-order valence-corrected chi connectivity index (χ2v) is 7.78. The standard InChI is InChI=1S/C22H23ClN2O3/c1-4-11-25-18-10-9-16(13-19(18)28-14-22(2,3)21(25)27)24-20(26)12-15-7-5-6-8-17(15)23/h4-10,13H,1,11-12,14H2,2-3H3,(H,24,26). The van der Waals surface area contributed by atoms with E-state index in [9.17, 15) is 9.59 Å². The molecule has 0 spiro atoms. The maximum absolute atomic E-state index is 12.8. The Hall–Kier alpha value is -2.79. The number of benzene rings is 2. The summed E-state index contributed by atoms with van der Waals surface area (Å²) in [4.78, 5) is 26.9. The van der Waals surface area contributed by atoms with Gasteiger partial charge in [0.2, 0.25) is 11.8 Å². The van der Waals surface area contributed by atoms with Crippen molar-refractivity contribution in [3.63, 3.8) is 0 Å². The molecule has 28 heavy (non-hydrogen) atoms. The number of halogens is 1. The predicted octanol–water partition coefficient (Wildman–Crippen LogP) is 4.46. The summed E-state index contributed by atoms with van der Waals surface area (Å²) in [7, 11) is 0. The van der Waals surface area contributed by atoms with Crippen molar-refractivity contribution in [3.05, 3.63) is 65.7 Å². The van der Waals surface area contributed by atoms with Crippen LogP contribution in [0.5, 0.6) is 5.75 Å². The van der Waals surface area contributed by atoms with Crippen LogP contribution in [0.25, 0.3) is 0 Å². The number of rotatable bonds is 5. The summed E-state index contributed by atoms with van der Waals surface area (Å²) in [5.41, 5.74) is 1.37. The number of amides is 2. The summed E-state index contributed by atoms with van der Waals surface area (Å²) in [5, 5.41) is 3.42. The maximum atomic E-state index is 12.8. The Morgan fingerprint density at radius 3 is 2.79 bits per heavy atom. The largest absolute Gasteiger partial charge is 0.490 e. The first-order chi connectivity index (χ1) is 13.3. The van der Waals surface area contributed by atoms with E-state index in [2.05, 4.69) is 11.9 Å². The van der Waals surface area contributed by atoms with Crippen LogP contribution in [0.4, 0.5) is 11.4 Å². The van der Waals surface area contributed by atoms with E-state index in [1.165, 1.54) is 0 Å². The van der Waals surface area contributed by atoms with Crippen LogP contribution in [-0.4, -0.2) is 25.0 Å². The minimum Gasteiger partial charge on any atom is -0.490 e. The molecule has 0 saturated carbocycles. The third kappa shape index (κ3) is 4.20. The van der Waals surface area contributed by atoms with Gasteiger partial charge in [-0.3, -0.25) is 9.59 Å². The zero-order valence-electron chi connectivity index (χ0n) is 16.0. The van der Waals surface area contributed by atoms with Crippen molar-refractivity contribution in [2.75, 3.05) is 23.4 Å². The van der Waals surface area contributed by atoms with Crippen LogP contribution >= 0.6 is 11.6 Å². The van der Waals surface area contributed by atoms with Crippen LogP contribution in [-0.2, 0) is 16.0 Å². The lowest BCUT2D eigenvalue weighted by Gasteiger charge is -2.27. The molecule has 3 rings (SSSR count). The van der Waals surface area contributed by atoms with E-state index < -0.39 is 5.41 Å². The van der Waals surface area contributed by atoms with Gasteiger partial charge in [0.1, 0.15) is 12.4 Å². The summed E-state index contributed by atoms with van der Waals surface area (Å²) >= 11 is 6.12. The average Bonchev–Trinajstić information content (AvgIpc) is 2.74. The minimum atomic E-state index is -0.657. The van der Waals surface area contributed by atoms with Gasteiger partial charge in [-0.15, -0.1) is 6.58 Å². The molecule has 1 aliphatic rings. The van der Waals surface area contributed by atoms with Crippen molar-refractivity contribution in [1.82, 2.24) is 0 Å². The van der Waals surface area contributed by atoms with E-state index in [1.54, 1.807) is 35.2 Å². The number of hydrogen-bond donors (Lipinski definition) is 1. The fraction of sp³-hybridized carbons (Fsp3) is 0.273. The molecule has 2 amide bonds. The molecule has 0 bridgehead atoms. The first kappa shape index (κ1) is 20.0. The fourth-order valence-corrected chi connectivity index (χ4v) is 3.26. The smallest absolute Gasteiger partial charge is 0.236 e. The third-order valence-corrected chi connectivity index (χ3v) is 4.94. The highest BCUT2D eigenvalue weighted by molar-refractivity contribution is 6.31. The van der Waals surface area contributed by atoms with Crippen LogP contribution in [0, 0.1) is 5.41 Å². The maximum Gasteiger partial charge on any atom is 0.236 e. The lowest BCUT2D eigenvalue weighted by molar-refractivity contribution is -0.127. The number of anilines is 2. The number of ether oxygens (including phenoxy) is 1. The molecule has 0 radical (unpaired) electrons. The van der Waals surface area contributed by atoms with Crippen molar-refractivity contribution in [1.29, 1.82) is 0 Å². The van der Waals surface area contributed by atoms with Crippen molar-refractivity contribution in [2.45, 2.75) is 20.3 Å². The number of nitrogens with one attached hydrogen (secondary N) is 1. The van der Waals surface area contributed by atoms with Crippen molar-refractivity contribution in [3.8, 4) is 5.75 Å². The van der Waals surface area contributed by atoms with Crippen molar-refractivity contribution < 1.29 is 14.3 Å². The van der Waals surface area contributed by atoms with Gasteiger partial charge in [0.25, 0.3) is 0 Å². The summed E-state index contributed by atoms with van der Waals surface area (Å²) in [5.74, 6) is 0.346. The van der Waals surface area contributed by atoms with Gasteiger partial charge in [0.15, 0.2) is 0 Å². The Kier molecular flexibility index (Phi) is 5.75. The summed E-state index contributed by atoms with van der Waals surface area (Å²) in [6, 6.07) is 12.5. The van der Waals surface area contributed by atoms with Gasteiger partial charge in [0, 0.05) is 23.3 Å². The first-order valence-electron chi connectivity index (χ1n) is 9.05. The number of fused-ring (bicyclic) bond motifs is 1. The Bertz CT molecular complexity index is 924. The molecule has 6 heteroatoms. The molecule has 0 aliphatic carbocycles. The summed E-state index contributed by atoms with van der Waals surface area (Å²) in [6.45, 7) is 8.08. The fourth-order valence-electron chi connectivity index (χ4n) is 3.06. The summed E-state index contributed by atoms with van der Waals surface area (Å²) < 4.78 is 5.90. The van der Waals surface area contributed by atoms with Crippen molar-refractivity contribution >= 4 is 34.8 Å². The molecule has 0 fully saturated rings. The molecule has 0 aromatic heterocycles. The Balaban J connectivity index is 1.82. The lowest BCUT2D eigenvalue weighted by Crippen LogP contribution is -2.42. The molecule has 1 N–H and O–H groups in total. The zero-order chi connectivity index (χ0) is 20.3. The molecule has 0 saturated heterocycles. The Morgan fingerprint density at radius 1 is 1.32 bits per heavy atom. The first-order valence-corrected chi connectivity index (χ1v) is 9.42. The highest BCUT2D eigenvalue weighted by atomic mass is 35.5. The second-order valence-electron chi connectivity index (χ2n) is 7.38. The van der Waals surface area contributed by atoms with Crippen LogP contribution < -0.4 is 15.0 Å². The van der Waals surface area contributed by atoms with Gasteiger partial charge in [-0.1, -0.05) is 35.9 Å². The van der Waals surface area contributed by atoms with E-state index in [1.807, 2.05) is 32.0 Å². The number of carbonyl (C=O) groups is 2. The molecular weight excluding hydrogens is 376 g/mol. The van der Waals surface area contributed by atoms with Crippen molar-refractivity contribution in [2.24, 2.45) is 5.41 Å². The van der Waals surface area contributed by atoms with Gasteiger partial charge in [-0.25, -0.2) is 0 Å². The predicted molar refractivity (Wildman–Crippen MR) is 112 cm³/mol. The average molecular weight is 399 g/mol. The van der Waals surface area contributed by atoms with E-state index in [0.717, 1.165) is 5.56 Å². The third-order valence-electron chi connectivity index (χ3n) is 4.57. The van der Waals surface area contributed by atoms with Gasteiger partial charge in [-0.05, 0) is 37.6 Å². The van der Waals surface area contributed by atoms with Gasteiger partial charge < -0.3 is 15.0 Å². The molecule has 146 valence electrons. The van der Waals surface area contributed by atoms with Gasteiger partial charge >= 0.3 is 0 Å². The molecule has 5 nitrogen and oxygen atoms in total. The topological polar surface area (TPSA) is 58.6 Å². The van der Waals surface area contributed by atoms with Gasteiger partial charge in [0.05, 0.1) is 17.5 Å². The van der Waals surface area contributed by atoms with E-state index >= 15 is 0 Å². The second kappa shape index (κ2) is 8.07. The van der Waals surface area contributed by atoms with Crippen LogP contribution in [0.2, 0.25) is 5.02 Å². The monoisotopic (exact) mass is 398 g/mol. The lowest BCUT2D eigenvalue weighted by atomic mass is 9.93. The number of hydrogen-bond acceptors (Lipinski definition) is 3. The molecule has 1 aliphatic heterocycles. The van der Waals surface area contributed by atoms with E-state index in [-0.39, 0.29) is 24.8 Å². The van der Waals surface area contributed by atoms with E-state index in [4.69, 9.17) is 16.3 Å². The normalized spacial score (nSPS) is 15.2. The Labute approximate surface area is 169 Å². The quantitative estimate of drug-likeness (QED) is 0.756. The Morgan fingerprint density at radius 2 is 2.07 bits per heavy atom. The highest BCUT2D eigenvalue weighted by Crippen LogP contribution is 2.38. The zero-order valence-corrected chi connectivity index (χ0v) is 16.8.